The Bertz CT molecular complexity index is 887. The zero-order valence-corrected chi connectivity index (χ0v) is 16.4. The van der Waals surface area contributed by atoms with Crippen LogP contribution in [0.2, 0.25) is 0 Å². The van der Waals surface area contributed by atoms with Crippen LogP contribution in [0.4, 0.5) is 11.4 Å². The molecule has 0 bridgehead atoms. The van der Waals surface area contributed by atoms with Gasteiger partial charge in [0.05, 0.1) is 21.1 Å². The van der Waals surface area contributed by atoms with Gasteiger partial charge in [-0.05, 0) is 43.2 Å². The summed E-state index contributed by atoms with van der Waals surface area (Å²) >= 11 is 1.44. The lowest BCUT2D eigenvalue weighted by molar-refractivity contribution is 0.103. The summed E-state index contributed by atoms with van der Waals surface area (Å²) in [4.78, 5) is 16.1. The molecular formula is C17H23N3O3S2. The molecule has 0 saturated heterocycles. The standard InChI is InChI=1S/C17H23N3O3S2/c1-5-6-12-9-16(24-11(12)2)17(21)19-14-10-13(25(18,22)23)7-8-15(14)20(3)4/h7-10H,5-6H2,1-4H3,(H,19,21)(H2,18,22,23). The number of nitrogens with two attached hydrogens (primary N) is 1. The number of anilines is 2. The van der Waals surface area contributed by atoms with Gasteiger partial charge in [0.25, 0.3) is 5.91 Å². The molecule has 0 unspecified atom stereocenters. The fourth-order valence-corrected chi connectivity index (χ4v) is 4.02. The van der Waals surface area contributed by atoms with Crippen molar-refractivity contribution in [3.63, 3.8) is 0 Å². The van der Waals surface area contributed by atoms with Crippen LogP contribution in [0, 0.1) is 6.92 Å². The smallest absolute Gasteiger partial charge is 0.265 e. The number of nitrogens with one attached hydrogen (secondary N) is 1. The molecule has 1 heterocycles. The van der Waals surface area contributed by atoms with E-state index in [4.69, 9.17) is 5.14 Å². The molecule has 3 N–H and O–H groups in total. The summed E-state index contributed by atoms with van der Waals surface area (Å²) in [7, 11) is -0.214. The van der Waals surface area contributed by atoms with Crippen LogP contribution in [-0.4, -0.2) is 28.4 Å². The maximum absolute atomic E-state index is 12.6. The van der Waals surface area contributed by atoms with Gasteiger partial charge in [-0.2, -0.15) is 0 Å². The highest BCUT2D eigenvalue weighted by Crippen LogP contribution is 2.29. The van der Waals surface area contributed by atoms with E-state index >= 15 is 0 Å². The molecule has 0 spiro atoms. The maximum atomic E-state index is 12.6. The lowest BCUT2D eigenvalue weighted by atomic mass is 10.1. The van der Waals surface area contributed by atoms with E-state index in [1.54, 1.807) is 11.0 Å². The molecule has 1 aromatic carbocycles. The van der Waals surface area contributed by atoms with Gasteiger partial charge in [-0.25, -0.2) is 13.6 Å². The van der Waals surface area contributed by atoms with Crippen LogP contribution in [0.3, 0.4) is 0 Å². The number of carbonyl (C=O) groups excluding carboxylic acids is 1. The Morgan fingerprint density at radius 3 is 2.52 bits per heavy atom. The number of nitrogens with zero attached hydrogens (tertiary/aromatic N) is 1. The lowest BCUT2D eigenvalue weighted by Crippen LogP contribution is -2.18. The average molecular weight is 382 g/mol. The quantitative estimate of drug-likeness (QED) is 0.804. The molecule has 1 aromatic heterocycles. The molecule has 0 fully saturated rings. The van der Waals surface area contributed by atoms with Crippen molar-refractivity contribution in [1.29, 1.82) is 0 Å². The fraction of sp³-hybridized carbons (Fsp3) is 0.353. The van der Waals surface area contributed by atoms with E-state index in [0.717, 1.165) is 17.7 Å². The normalized spacial score (nSPS) is 11.4. The molecule has 6 nitrogen and oxygen atoms in total. The molecule has 0 aliphatic rings. The fourth-order valence-electron chi connectivity index (χ4n) is 2.52. The van der Waals surface area contributed by atoms with Crippen LogP contribution < -0.4 is 15.4 Å². The van der Waals surface area contributed by atoms with Crippen LogP contribution in [0.5, 0.6) is 0 Å². The third-order valence-corrected chi connectivity index (χ3v) is 5.79. The van der Waals surface area contributed by atoms with E-state index in [9.17, 15) is 13.2 Å². The first-order valence-corrected chi connectivity index (χ1v) is 10.2. The largest absolute Gasteiger partial charge is 0.376 e. The van der Waals surface area contributed by atoms with Crippen molar-refractivity contribution >= 4 is 38.6 Å². The summed E-state index contributed by atoms with van der Waals surface area (Å²) in [6, 6.07) is 6.33. The van der Waals surface area contributed by atoms with E-state index in [1.807, 2.05) is 27.1 Å². The average Bonchev–Trinajstić information content (AvgIpc) is 2.88. The van der Waals surface area contributed by atoms with Crippen molar-refractivity contribution in [2.45, 2.75) is 31.6 Å². The highest BCUT2D eigenvalue weighted by molar-refractivity contribution is 7.89. The van der Waals surface area contributed by atoms with E-state index in [-0.39, 0.29) is 10.8 Å². The minimum atomic E-state index is -3.85. The number of amides is 1. The second-order valence-corrected chi connectivity index (χ2v) is 8.83. The van der Waals surface area contributed by atoms with Crippen molar-refractivity contribution in [3.05, 3.63) is 39.6 Å². The maximum Gasteiger partial charge on any atom is 0.265 e. The van der Waals surface area contributed by atoms with E-state index in [1.165, 1.54) is 29.0 Å². The molecule has 0 saturated carbocycles. The highest BCUT2D eigenvalue weighted by Gasteiger charge is 2.17. The summed E-state index contributed by atoms with van der Waals surface area (Å²) < 4.78 is 23.2. The molecule has 1 amide bonds. The zero-order chi connectivity index (χ0) is 18.8. The van der Waals surface area contributed by atoms with Gasteiger partial charge in [0.1, 0.15) is 0 Å². The Morgan fingerprint density at radius 2 is 1.96 bits per heavy atom. The lowest BCUT2D eigenvalue weighted by Gasteiger charge is -2.18. The summed E-state index contributed by atoms with van der Waals surface area (Å²) in [5, 5.41) is 8.01. The Kier molecular flexibility index (Phi) is 5.87. The van der Waals surface area contributed by atoms with Crippen LogP contribution in [-0.2, 0) is 16.4 Å². The SMILES string of the molecule is CCCc1cc(C(=O)Nc2cc(S(N)(=O)=O)ccc2N(C)C)sc1C. The molecule has 0 atom stereocenters. The highest BCUT2D eigenvalue weighted by atomic mass is 32.2. The Labute approximate surface area is 152 Å². The van der Waals surface area contributed by atoms with Gasteiger partial charge in [-0.3, -0.25) is 4.79 Å². The predicted octanol–water partition coefficient (Wildman–Crippen LogP) is 2.97. The Morgan fingerprint density at radius 1 is 1.28 bits per heavy atom. The molecule has 8 heteroatoms. The summed E-state index contributed by atoms with van der Waals surface area (Å²) in [5.41, 5.74) is 2.27. The second kappa shape index (κ2) is 7.55. The minimum Gasteiger partial charge on any atom is -0.376 e. The van der Waals surface area contributed by atoms with Gasteiger partial charge >= 0.3 is 0 Å². The van der Waals surface area contributed by atoms with Crippen molar-refractivity contribution in [2.24, 2.45) is 5.14 Å². The van der Waals surface area contributed by atoms with Crippen LogP contribution in [0.1, 0.15) is 33.5 Å². The number of benzene rings is 1. The summed E-state index contributed by atoms with van der Waals surface area (Å²) in [6.07, 6.45) is 1.94. The number of primary sulfonamides is 1. The number of aryl methyl sites for hydroxylation is 2. The second-order valence-electron chi connectivity index (χ2n) is 6.01. The zero-order valence-electron chi connectivity index (χ0n) is 14.8. The molecule has 2 rings (SSSR count). The van der Waals surface area contributed by atoms with Crippen LogP contribution >= 0.6 is 11.3 Å². The number of thiophene rings is 1. The first kappa shape index (κ1) is 19.4. The first-order valence-electron chi connectivity index (χ1n) is 7.88. The van der Waals surface area contributed by atoms with Crippen molar-refractivity contribution in [1.82, 2.24) is 0 Å². The number of hydrogen-bond acceptors (Lipinski definition) is 5. The van der Waals surface area contributed by atoms with Crippen molar-refractivity contribution in [2.75, 3.05) is 24.3 Å². The van der Waals surface area contributed by atoms with Crippen LogP contribution in [0.15, 0.2) is 29.2 Å². The number of sulfonamides is 1. The predicted molar refractivity (Wildman–Crippen MR) is 103 cm³/mol. The number of rotatable bonds is 6. The molecule has 25 heavy (non-hydrogen) atoms. The van der Waals surface area contributed by atoms with Gasteiger partial charge in [0.2, 0.25) is 10.0 Å². The number of hydrogen-bond donors (Lipinski definition) is 2. The van der Waals surface area contributed by atoms with Crippen molar-refractivity contribution < 1.29 is 13.2 Å². The topological polar surface area (TPSA) is 92.5 Å². The molecule has 0 aliphatic carbocycles. The van der Waals surface area contributed by atoms with Gasteiger partial charge in [-0.1, -0.05) is 13.3 Å². The minimum absolute atomic E-state index is 0.0394. The van der Waals surface area contributed by atoms with Gasteiger partial charge in [-0.15, -0.1) is 11.3 Å². The van der Waals surface area contributed by atoms with E-state index in [0.29, 0.717) is 16.3 Å². The third kappa shape index (κ3) is 4.59. The van der Waals surface area contributed by atoms with E-state index < -0.39 is 10.0 Å². The molecule has 136 valence electrons. The summed E-state index contributed by atoms with van der Waals surface area (Å²) in [6.45, 7) is 4.10. The number of carbonyl (C=O) groups is 1. The van der Waals surface area contributed by atoms with Crippen LogP contribution in [0.25, 0.3) is 0 Å². The first-order chi connectivity index (χ1) is 11.6. The molecule has 2 aromatic rings. The third-order valence-electron chi connectivity index (χ3n) is 3.79. The van der Waals surface area contributed by atoms with Gasteiger partial charge in [0, 0.05) is 19.0 Å². The molecular weight excluding hydrogens is 358 g/mol. The van der Waals surface area contributed by atoms with Crippen molar-refractivity contribution in [3.8, 4) is 0 Å². The van der Waals surface area contributed by atoms with Gasteiger partial charge in [0.15, 0.2) is 0 Å². The summed E-state index contributed by atoms with van der Waals surface area (Å²) in [5.74, 6) is -0.259. The Balaban J connectivity index is 2.37. The van der Waals surface area contributed by atoms with Gasteiger partial charge < -0.3 is 10.2 Å². The molecule has 0 aliphatic heterocycles. The molecule has 0 radical (unpaired) electrons. The van der Waals surface area contributed by atoms with E-state index in [2.05, 4.69) is 12.2 Å². The Hall–Kier alpha value is -1.90. The monoisotopic (exact) mass is 381 g/mol.